The second kappa shape index (κ2) is 7.56. The molecule has 0 spiro atoms. The first-order valence-electron chi connectivity index (χ1n) is 6.69. The summed E-state index contributed by atoms with van der Waals surface area (Å²) in [5.74, 6) is -0.288. The van der Waals surface area contributed by atoms with Crippen LogP contribution in [0.4, 0.5) is 4.39 Å². The van der Waals surface area contributed by atoms with E-state index in [1.807, 2.05) is 12.1 Å². The van der Waals surface area contributed by atoms with Crippen LogP contribution in [0.25, 0.3) is 0 Å². The number of benzene rings is 1. The van der Waals surface area contributed by atoms with Gasteiger partial charge in [-0.15, -0.1) is 23.7 Å². The maximum Gasteiger partial charge on any atom is 0.124 e. The molecular formula is C15H17Cl2FN2S. The first-order valence-corrected chi connectivity index (χ1v) is 7.94. The highest BCUT2D eigenvalue weighted by Gasteiger charge is 2.26. The zero-order valence-corrected chi connectivity index (χ0v) is 13.8. The van der Waals surface area contributed by atoms with E-state index in [0.29, 0.717) is 5.02 Å². The van der Waals surface area contributed by atoms with Crippen LogP contribution in [-0.2, 0) is 0 Å². The maximum atomic E-state index is 13.3. The van der Waals surface area contributed by atoms with E-state index >= 15 is 0 Å². The molecule has 21 heavy (non-hydrogen) atoms. The van der Waals surface area contributed by atoms with Gasteiger partial charge in [0.25, 0.3) is 0 Å². The van der Waals surface area contributed by atoms with Gasteiger partial charge in [0.1, 0.15) is 5.82 Å². The van der Waals surface area contributed by atoms with Crippen molar-refractivity contribution in [1.29, 1.82) is 0 Å². The number of hydrogen-bond acceptors (Lipinski definition) is 3. The monoisotopic (exact) mass is 346 g/mol. The van der Waals surface area contributed by atoms with Crippen LogP contribution in [0.2, 0.25) is 5.02 Å². The maximum absolute atomic E-state index is 13.3. The third-order valence-corrected chi connectivity index (χ3v) is 4.84. The zero-order valence-electron chi connectivity index (χ0n) is 11.4. The highest BCUT2D eigenvalue weighted by Crippen LogP contribution is 2.36. The number of halogens is 3. The normalized spacial score (nSPS) is 17.2. The molecule has 2 heterocycles. The van der Waals surface area contributed by atoms with E-state index in [2.05, 4.69) is 21.7 Å². The number of piperazine rings is 1. The van der Waals surface area contributed by atoms with E-state index in [1.54, 1.807) is 11.3 Å². The van der Waals surface area contributed by atoms with Gasteiger partial charge in [0.15, 0.2) is 0 Å². The van der Waals surface area contributed by atoms with Crippen molar-refractivity contribution in [2.45, 2.75) is 6.04 Å². The van der Waals surface area contributed by atoms with Crippen LogP contribution in [0.1, 0.15) is 16.5 Å². The molecule has 0 amide bonds. The molecule has 0 bridgehead atoms. The lowest BCUT2D eigenvalue weighted by atomic mass is 10.0. The van der Waals surface area contributed by atoms with Crippen LogP contribution >= 0.6 is 35.3 Å². The summed E-state index contributed by atoms with van der Waals surface area (Å²) in [6.07, 6.45) is 0. The minimum absolute atomic E-state index is 0. The summed E-state index contributed by atoms with van der Waals surface area (Å²) < 4.78 is 13.3. The van der Waals surface area contributed by atoms with Gasteiger partial charge >= 0.3 is 0 Å². The SMILES string of the molecule is Cl.Fc1ccc([C@H](c2cccs2)N2CCNCC2)c(Cl)c1. The number of nitrogens with one attached hydrogen (secondary N) is 1. The Kier molecular flexibility index (Phi) is 6.02. The molecule has 1 aliphatic heterocycles. The third-order valence-electron chi connectivity index (χ3n) is 3.59. The highest BCUT2D eigenvalue weighted by molar-refractivity contribution is 7.10. The van der Waals surface area contributed by atoms with Gasteiger partial charge in [0.05, 0.1) is 6.04 Å². The average molecular weight is 347 g/mol. The fourth-order valence-corrected chi connectivity index (χ4v) is 3.79. The van der Waals surface area contributed by atoms with Crippen LogP contribution in [0.5, 0.6) is 0 Å². The van der Waals surface area contributed by atoms with Gasteiger partial charge in [-0.3, -0.25) is 4.90 Å². The van der Waals surface area contributed by atoms with Crippen molar-refractivity contribution < 1.29 is 4.39 Å². The molecule has 1 atom stereocenters. The summed E-state index contributed by atoms with van der Waals surface area (Å²) in [6.45, 7) is 3.88. The molecule has 0 aliphatic carbocycles. The molecule has 0 radical (unpaired) electrons. The van der Waals surface area contributed by atoms with Gasteiger partial charge in [-0.1, -0.05) is 23.7 Å². The Morgan fingerprint density at radius 2 is 2.00 bits per heavy atom. The smallest absolute Gasteiger partial charge is 0.124 e. The quantitative estimate of drug-likeness (QED) is 0.904. The summed E-state index contributed by atoms with van der Waals surface area (Å²) in [5, 5.41) is 5.93. The molecule has 1 fully saturated rings. The lowest BCUT2D eigenvalue weighted by Crippen LogP contribution is -2.45. The van der Waals surface area contributed by atoms with Gasteiger partial charge in [-0.25, -0.2) is 4.39 Å². The third kappa shape index (κ3) is 3.76. The lowest BCUT2D eigenvalue weighted by Gasteiger charge is -2.35. The van der Waals surface area contributed by atoms with Crippen molar-refractivity contribution in [2.24, 2.45) is 0 Å². The minimum atomic E-state index is -0.288. The van der Waals surface area contributed by atoms with Gasteiger partial charge in [0.2, 0.25) is 0 Å². The molecule has 0 unspecified atom stereocenters. The standard InChI is InChI=1S/C15H16ClFN2S.ClH/c16-13-10-11(17)3-4-12(13)15(14-2-1-9-20-14)19-7-5-18-6-8-19;/h1-4,9-10,15,18H,5-8H2;1H/t15-;/m1./s1. The fraction of sp³-hybridized carbons (Fsp3) is 0.333. The summed E-state index contributed by atoms with van der Waals surface area (Å²) in [4.78, 5) is 3.65. The van der Waals surface area contributed by atoms with E-state index < -0.39 is 0 Å². The molecule has 1 N–H and O–H groups in total. The van der Waals surface area contributed by atoms with Crippen LogP contribution in [0, 0.1) is 5.82 Å². The van der Waals surface area contributed by atoms with Gasteiger partial charge in [-0.05, 0) is 29.1 Å². The minimum Gasteiger partial charge on any atom is -0.314 e. The fourth-order valence-electron chi connectivity index (χ4n) is 2.64. The summed E-state index contributed by atoms with van der Waals surface area (Å²) >= 11 is 8.00. The second-order valence-electron chi connectivity index (χ2n) is 4.87. The Hall–Kier alpha value is -0.650. The van der Waals surface area contributed by atoms with Gasteiger partial charge in [-0.2, -0.15) is 0 Å². The molecule has 2 nitrogen and oxygen atoms in total. The van der Waals surface area contributed by atoms with Crippen LogP contribution in [0.3, 0.4) is 0 Å². The van der Waals surface area contributed by atoms with E-state index in [-0.39, 0.29) is 24.3 Å². The Balaban J connectivity index is 0.00000161. The van der Waals surface area contributed by atoms with Crippen molar-refractivity contribution in [1.82, 2.24) is 10.2 Å². The van der Waals surface area contributed by atoms with E-state index in [1.165, 1.54) is 17.0 Å². The van der Waals surface area contributed by atoms with Crippen molar-refractivity contribution in [3.63, 3.8) is 0 Å². The zero-order chi connectivity index (χ0) is 13.9. The molecule has 2 aromatic rings. The van der Waals surface area contributed by atoms with E-state index in [9.17, 15) is 4.39 Å². The average Bonchev–Trinajstić information content (AvgIpc) is 2.97. The van der Waals surface area contributed by atoms with Crippen molar-refractivity contribution >= 4 is 35.3 Å². The van der Waals surface area contributed by atoms with E-state index in [0.717, 1.165) is 31.7 Å². The second-order valence-corrected chi connectivity index (χ2v) is 6.26. The van der Waals surface area contributed by atoms with Crippen LogP contribution in [-0.4, -0.2) is 31.1 Å². The molecule has 6 heteroatoms. The molecule has 1 saturated heterocycles. The molecule has 1 aromatic carbocycles. The van der Waals surface area contributed by atoms with Crippen LogP contribution < -0.4 is 5.32 Å². The Labute approximate surface area is 139 Å². The topological polar surface area (TPSA) is 15.3 Å². The lowest BCUT2D eigenvalue weighted by molar-refractivity contribution is 0.200. The van der Waals surface area contributed by atoms with Gasteiger partial charge < -0.3 is 5.32 Å². The van der Waals surface area contributed by atoms with Gasteiger partial charge in [0, 0.05) is 36.1 Å². The number of thiophene rings is 1. The molecule has 3 rings (SSSR count). The predicted octanol–water partition coefficient (Wildman–Crippen LogP) is 3.96. The molecular weight excluding hydrogens is 330 g/mol. The first-order chi connectivity index (χ1) is 9.75. The molecule has 0 saturated carbocycles. The number of rotatable bonds is 3. The first kappa shape index (κ1) is 16.7. The van der Waals surface area contributed by atoms with Crippen LogP contribution in [0.15, 0.2) is 35.7 Å². The summed E-state index contributed by atoms with van der Waals surface area (Å²) in [5.41, 5.74) is 0.984. The van der Waals surface area contributed by atoms with Crippen molar-refractivity contribution in [2.75, 3.05) is 26.2 Å². The molecule has 1 aromatic heterocycles. The highest BCUT2D eigenvalue weighted by atomic mass is 35.5. The molecule has 1 aliphatic rings. The summed E-state index contributed by atoms with van der Waals surface area (Å²) in [7, 11) is 0. The van der Waals surface area contributed by atoms with E-state index in [4.69, 9.17) is 11.6 Å². The number of nitrogens with zero attached hydrogens (tertiary/aromatic N) is 1. The largest absolute Gasteiger partial charge is 0.314 e. The van der Waals surface area contributed by atoms with Crippen molar-refractivity contribution in [3.05, 3.63) is 57.0 Å². The summed E-state index contributed by atoms with van der Waals surface area (Å²) in [6, 6.07) is 8.99. The molecule has 114 valence electrons. The Morgan fingerprint density at radius 3 is 2.62 bits per heavy atom. The Morgan fingerprint density at radius 1 is 1.24 bits per heavy atom. The predicted molar refractivity (Wildman–Crippen MR) is 89.3 cm³/mol. The number of hydrogen-bond donors (Lipinski definition) is 1. The Bertz CT molecular complexity index is 571. The van der Waals surface area contributed by atoms with Crippen molar-refractivity contribution in [3.8, 4) is 0 Å².